The molecule has 1 aromatic carbocycles. The number of carbonyl (C=O) groups excluding carboxylic acids is 1. The number of hydrogen-bond acceptors (Lipinski definition) is 5. The third-order valence-electron chi connectivity index (χ3n) is 5.47. The first kappa shape index (κ1) is 16.7. The van der Waals surface area contributed by atoms with Gasteiger partial charge in [0.25, 0.3) is 5.91 Å². The number of fused-ring (bicyclic) bond motifs is 5. The molecule has 0 radical (unpaired) electrons. The number of thiophene rings is 1. The van der Waals surface area contributed by atoms with E-state index in [0.717, 1.165) is 40.6 Å². The van der Waals surface area contributed by atoms with Crippen molar-refractivity contribution in [3.05, 3.63) is 45.8 Å². The molecule has 2 aliphatic heterocycles. The summed E-state index contributed by atoms with van der Waals surface area (Å²) in [5, 5.41) is 1.01. The molecular formula is C21H21N3O2S. The SMILES string of the molecule is COc1ccc(C2=Nc3sc4c(c3C3=NCC(=O)N23)CCCCCC4)cc1. The van der Waals surface area contributed by atoms with Crippen LogP contribution < -0.4 is 4.74 Å². The van der Waals surface area contributed by atoms with Gasteiger partial charge < -0.3 is 4.74 Å². The van der Waals surface area contributed by atoms with Gasteiger partial charge in [-0.15, -0.1) is 11.3 Å². The van der Waals surface area contributed by atoms with Crippen molar-refractivity contribution >= 4 is 33.9 Å². The third kappa shape index (κ3) is 2.70. The zero-order chi connectivity index (χ0) is 18.4. The van der Waals surface area contributed by atoms with Crippen LogP contribution in [0.15, 0.2) is 34.3 Å². The van der Waals surface area contributed by atoms with Crippen LogP contribution in [0.1, 0.15) is 47.3 Å². The van der Waals surface area contributed by atoms with Gasteiger partial charge in [0.05, 0.1) is 12.7 Å². The number of benzene rings is 1. The molecular weight excluding hydrogens is 358 g/mol. The van der Waals surface area contributed by atoms with Crippen LogP contribution in [0.25, 0.3) is 0 Å². The topological polar surface area (TPSA) is 54.3 Å². The number of aliphatic imine (C=N–C) groups is 2. The number of aryl methyl sites for hydroxylation is 1. The van der Waals surface area contributed by atoms with E-state index >= 15 is 0 Å². The first-order valence-corrected chi connectivity index (χ1v) is 10.3. The van der Waals surface area contributed by atoms with Gasteiger partial charge in [-0.05, 0) is 55.5 Å². The van der Waals surface area contributed by atoms with E-state index < -0.39 is 0 Å². The van der Waals surface area contributed by atoms with Gasteiger partial charge in [-0.25, -0.2) is 9.89 Å². The van der Waals surface area contributed by atoms with Crippen molar-refractivity contribution in [2.75, 3.05) is 13.7 Å². The van der Waals surface area contributed by atoms with Gasteiger partial charge in [-0.3, -0.25) is 9.79 Å². The molecule has 0 spiro atoms. The Bertz CT molecular complexity index is 972. The van der Waals surface area contributed by atoms with Gasteiger partial charge in [0.2, 0.25) is 0 Å². The quantitative estimate of drug-likeness (QED) is 0.789. The zero-order valence-corrected chi connectivity index (χ0v) is 16.1. The fourth-order valence-corrected chi connectivity index (χ4v) is 5.36. The van der Waals surface area contributed by atoms with Crippen molar-refractivity contribution < 1.29 is 9.53 Å². The van der Waals surface area contributed by atoms with Crippen LogP contribution in [0.5, 0.6) is 5.75 Å². The van der Waals surface area contributed by atoms with E-state index in [2.05, 4.69) is 4.99 Å². The minimum absolute atomic E-state index is 0.00369. The summed E-state index contributed by atoms with van der Waals surface area (Å²) in [4.78, 5) is 25.4. The van der Waals surface area contributed by atoms with Crippen molar-refractivity contribution in [2.24, 2.45) is 9.98 Å². The molecule has 3 aliphatic rings. The van der Waals surface area contributed by atoms with Gasteiger partial charge in [-0.2, -0.15) is 0 Å². The number of ether oxygens (including phenoxy) is 1. The lowest BCUT2D eigenvalue weighted by atomic mass is 9.95. The Balaban J connectivity index is 1.66. The van der Waals surface area contributed by atoms with Gasteiger partial charge in [0.15, 0.2) is 0 Å². The average molecular weight is 379 g/mol. The van der Waals surface area contributed by atoms with E-state index in [-0.39, 0.29) is 12.5 Å². The Morgan fingerprint density at radius 1 is 1.04 bits per heavy atom. The molecule has 27 heavy (non-hydrogen) atoms. The molecule has 6 heteroatoms. The first-order chi connectivity index (χ1) is 13.3. The summed E-state index contributed by atoms with van der Waals surface area (Å²) >= 11 is 1.79. The zero-order valence-electron chi connectivity index (χ0n) is 15.3. The maximum Gasteiger partial charge on any atom is 0.255 e. The molecule has 0 N–H and O–H groups in total. The molecule has 5 nitrogen and oxygen atoms in total. The van der Waals surface area contributed by atoms with Crippen molar-refractivity contribution in [1.82, 2.24) is 4.90 Å². The van der Waals surface area contributed by atoms with Crippen LogP contribution >= 0.6 is 11.3 Å². The predicted octanol–water partition coefficient (Wildman–Crippen LogP) is 4.10. The summed E-state index contributed by atoms with van der Waals surface area (Å²) in [6.07, 6.45) is 7.19. The number of amidine groups is 2. The highest BCUT2D eigenvalue weighted by molar-refractivity contribution is 7.16. The van der Waals surface area contributed by atoms with Crippen LogP contribution in [0, 0.1) is 0 Å². The molecule has 5 rings (SSSR count). The predicted molar refractivity (Wildman–Crippen MR) is 108 cm³/mol. The second-order valence-corrected chi connectivity index (χ2v) is 8.21. The fourth-order valence-electron chi connectivity index (χ4n) is 4.11. The van der Waals surface area contributed by atoms with Crippen LogP contribution in [0.3, 0.4) is 0 Å². The number of methoxy groups -OCH3 is 1. The van der Waals surface area contributed by atoms with Crippen LogP contribution in [0.4, 0.5) is 5.00 Å². The summed E-state index contributed by atoms with van der Waals surface area (Å²) in [7, 11) is 1.65. The van der Waals surface area contributed by atoms with Crippen LogP contribution in [0.2, 0.25) is 0 Å². The van der Waals surface area contributed by atoms with Gasteiger partial charge in [0, 0.05) is 10.4 Å². The third-order valence-corrected chi connectivity index (χ3v) is 6.65. The lowest BCUT2D eigenvalue weighted by Crippen LogP contribution is -2.41. The maximum atomic E-state index is 12.6. The Hall–Kier alpha value is -2.47. The number of amides is 1. The second-order valence-electron chi connectivity index (χ2n) is 7.13. The Labute approximate surface area is 162 Å². The fraction of sp³-hybridized carbons (Fsp3) is 0.381. The van der Waals surface area contributed by atoms with E-state index in [0.29, 0.717) is 5.84 Å². The highest BCUT2D eigenvalue weighted by Crippen LogP contribution is 2.43. The Kier molecular flexibility index (Phi) is 4.08. The Morgan fingerprint density at radius 2 is 1.81 bits per heavy atom. The molecule has 1 aromatic heterocycles. The van der Waals surface area contributed by atoms with Gasteiger partial charge >= 0.3 is 0 Å². The molecule has 0 saturated carbocycles. The lowest BCUT2D eigenvalue weighted by molar-refractivity contribution is -0.122. The van der Waals surface area contributed by atoms with Crippen molar-refractivity contribution in [1.29, 1.82) is 0 Å². The molecule has 0 fully saturated rings. The molecule has 138 valence electrons. The standard InChI is InChI=1S/C21H21N3O2S/c1-26-14-10-8-13(9-11-14)19-23-21-18(20-22-12-17(25)24(19)20)15-6-4-2-3-5-7-16(15)27-21/h8-11H,2-7,12H2,1H3. The summed E-state index contributed by atoms with van der Waals surface area (Å²) < 4.78 is 5.26. The molecule has 0 bridgehead atoms. The monoisotopic (exact) mass is 379 g/mol. The van der Waals surface area contributed by atoms with E-state index in [4.69, 9.17) is 9.73 Å². The summed E-state index contributed by atoms with van der Waals surface area (Å²) in [6.45, 7) is 0.203. The van der Waals surface area contributed by atoms with Gasteiger partial charge in [0.1, 0.15) is 29.0 Å². The van der Waals surface area contributed by atoms with Crippen molar-refractivity contribution in [2.45, 2.75) is 38.5 Å². The Morgan fingerprint density at radius 3 is 2.59 bits per heavy atom. The van der Waals surface area contributed by atoms with Gasteiger partial charge in [-0.1, -0.05) is 12.8 Å². The average Bonchev–Trinajstić information content (AvgIpc) is 3.21. The first-order valence-electron chi connectivity index (χ1n) is 9.51. The largest absolute Gasteiger partial charge is 0.497 e. The number of hydrogen-bond donors (Lipinski definition) is 0. The second kappa shape index (κ2) is 6.60. The van der Waals surface area contributed by atoms with E-state index in [1.165, 1.54) is 36.1 Å². The minimum Gasteiger partial charge on any atom is -0.497 e. The lowest BCUT2D eigenvalue weighted by Gasteiger charge is -2.25. The molecule has 2 aromatic rings. The van der Waals surface area contributed by atoms with Crippen LogP contribution in [-0.2, 0) is 17.6 Å². The maximum absolute atomic E-state index is 12.6. The molecule has 3 heterocycles. The number of nitrogens with zero attached hydrogens (tertiary/aromatic N) is 3. The smallest absolute Gasteiger partial charge is 0.255 e. The van der Waals surface area contributed by atoms with E-state index in [1.807, 2.05) is 24.3 Å². The summed E-state index contributed by atoms with van der Waals surface area (Å²) in [6, 6.07) is 7.71. The highest BCUT2D eigenvalue weighted by Gasteiger charge is 2.39. The van der Waals surface area contributed by atoms with E-state index in [1.54, 1.807) is 23.3 Å². The highest BCUT2D eigenvalue weighted by atomic mass is 32.1. The van der Waals surface area contributed by atoms with Crippen LogP contribution in [-0.4, -0.2) is 36.1 Å². The number of carbonyl (C=O) groups is 1. The van der Waals surface area contributed by atoms with E-state index in [9.17, 15) is 4.79 Å². The van der Waals surface area contributed by atoms with Crippen molar-refractivity contribution in [3.8, 4) is 5.75 Å². The molecule has 1 amide bonds. The summed E-state index contributed by atoms with van der Waals surface area (Å²) in [5.41, 5.74) is 3.40. The molecule has 0 unspecified atom stereocenters. The number of rotatable bonds is 2. The molecule has 0 saturated heterocycles. The van der Waals surface area contributed by atoms with Crippen molar-refractivity contribution in [3.63, 3.8) is 0 Å². The molecule has 0 atom stereocenters. The minimum atomic E-state index is -0.00369. The summed E-state index contributed by atoms with van der Waals surface area (Å²) in [5.74, 6) is 2.27. The molecule has 1 aliphatic carbocycles. The normalized spacial score (nSPS) is 18.7.